The number of ether oxygens (including phenoxy) is 2. The molecule has 4 aromatic rings. The second-order valence-corrected chi connectivity index (χ2v) is 7.01. The van der Waals surface area contributed by atoms with Crippen LogP contribution in [0.1, 0.15) is 17.5 Å². The number of methoxy groups -OCH3 is 2. The first-order valence-electron chi connectivity index (χ1n) is 10.1. The van der Waals surface area contributed by atoms with Gasteiger partial charge in [-0.15, -0.1) is 0 Å². The second kappa shape index (κ2) is 9.72. The molecule has 0 aliphatic heterocycles. The van der Waals surface area contributed by atoms with E-state index in [-0.39, 0.29) is 0 Å². The Kier molecular flexibility index (Phi) is 6.38. The molecular formula is C27H24N2O2. The van der Waals surface area contributed by atoms with Crippen molar-refractivity contribution in [2.24, 2.45) is 0 Å². The van der Waals surface area contributed by atoms with Crippen molar-refractivity contribution in [3.05, 3.63) is 96.2 Å². The van der Waals surface area contributed by atoms with Crippen molar-refractivity contribution in [3.63, 3.8) is 0 Å². The second-order valence-electron chi connectivity index (χ2n) is 7.01. The molecule has 0 N–H and O–H groups in total. The zero-order chi connectivity index (χ0) is 21.5. The normalized spacial score (nSPS) is 11.4. The highest BCUT2D eigenvalue weighted by atomic mass is 16.5. The quantitative estimate of drug-likeness (QED) is 0.353. The lowest BCUT2D eigenvalue weighted by Gasteiger charge is -2.07. The number of allylic oxidation sites excluding steroid dienone is 2. The third kappa shape index (κ3) is 4.98. The van der Waals surface area contributed by atoms with Crippen LogP contribution >= 0.6 is 0 Å². The Bertz CT molecular complexity index is 1230. The predicted octanol–water partition coefficient (Wildman–Crippen LogP) is 6.43. The topological polar surface area (TPSA) is 44.2 Å². The first-order valence-corrected chi connectivity index (χ1v) is 10.1. The van der Waals surface area contributed by atoms with Crippen molar-refractivity contribution in [3.8, 4) is 22.8 Å². The average molecular weight is 409 g/mol. The summed E-state index contributed by atoms with van der Waals surface area (Å²) < 4.78 is 10.7. The van der Waals surface area contributed by atoms with E-state index in [0.717, 1.165) is 51.3 Å². The lowest BCUT2D eigenvalue weighted by Crippen LogP contribution is -1.89. The number of fused-ring (bicyclic) bond motifs is 1. The Labute approximate surface area is 182 Å². The Balaban J connectivity index is 1.39. The number of benzene rings is 3. The molecule has 0 fully saturated rings. The summed E-state index contributed by atoms with van der Waals surface area (Å²) in [5.41, 5.74) is 5.92. The van der Waals surface area contributed by atoms with Gasteiger partial charge in [-0.25, -0.2) is 4.98 Å². The lowest BCUT2D eigenvalue weighted by atomic mass is 10.1. The van der Waals surface area contributed by atoms with Crippen LogP contribution in [0, 0.1) is 0 Å². The van der Waals surface area contributed by atoms with E-state index in [2.05, 4.69) is 53.6 Å². The van der Waals surface area contributed by atoms with E-state index in [0.29, 0.717) is 0 Å². The van der Waals surface area contributed by atoms with Crippen LogP contribution < -0.4 is 9.47 Å². The molecule has 1 aromatic heterocycles. The Hall–Kier alpha value is -3.92. The van der Waals surface area contributed by atoms with Crippen molar-refractivity contribution in [2.45, 2.75) is 6.42 Å². The molecule has 0 amide bonds. The smallest absolute Gasteiger partial charge is 0.129 e. The summed E-state index contributed by atoms with van der Waals surface area (Å²) >= 11 is 0. The number of hydrogen-bond donors (Lipinski definition) is 0. The molecule has 4 heteroatoms. The molecule has 0 aliphatic carbocycles. The van der Waals surface area contributed by atoms with E-state index in [9.17, 15) is 0 Å². The summed E-state index contributed by atoms with van der Waals surface area (Å²) in [6, 6.07) is 22.1. The van der Waals surface area contributed by atoms with Gasteiger partial charge in [-0.05, 0) is 36.2 Å². The summed E-state index contributed by atoms with van der Waals surface area (Å²) in [6.07, 6.45) is 11.1. The standard InChI is InChI=1S/C27H24N2O2/c1-30-23-17-16-22(27(18-23)31-2)9-5-3-4-8-20-12-14-21(15-13-20)26-19-28-24-10-6-7-11-25(24)29-26/h4-19H,3H2,1-2H3. The van der Waals surface area contributed by atoms with Gasteiger partial charge in [-0.3, -0.25) is 4.98 Å². The minimum atomic E-state index is 0.784. The van der Waals surface area contributed by atoms with Gasteiger partial charge in [0.1, 0.15) is 11.5 Å². The van der Waals surface area contributed by atoms with Crippen LogP contribution in [0.15, 0.2) is 85.1 Å². The molecule has 0 bridgehead atoms. The van der Waals surface area contributed by atoms with E-state index in [1.54, 1.807) is 14.2 Å². The van der Waals surface area contributed by atoms with Crippen molar-refractivity contribution in [1.82, 2.24) is 9.97 Å². The molecule has 0 radical (unpaired) electrons. The molecular weight excluding hydrogens is 384 g/mol. The van der Waals surface area contributed by atoms with Gasteiger partial charge in [0.15, 0.2) is 0 Å². The van der Waals surface area contributed by atoms with Crippen molar-refractivity contribution < 1.29 is 9.47 Å². The summed E-state index contributed by atoms with van der Waals surface area (Å²) in [7, 11) is 3.32. The van der Waals surface area contributed by atoms with Crippen LogP contribution in [-0.2, 0) is 0 Å². The zero-order valence-corrected chi connectivity index (χ0v) is 17.7. The fourth-order valence-corrected chi connectivity index (χ4v) is 3.30. The maximum absolute atomic E-state index is 5.43. The van der Waals surface area contributed by atoms with E-state index >= 15 is 0 Å². The number of rotatable bonds is 7. The zero-order valence-electron chi connectivity index (χ0n) is 17.7. The number of hydrogen-bond acceptors (Lipinski definition) is 4. The molecule has 0 unspecified atom stereocenters. The fraction of sp³-hybridized carbons (Fsp3) is 0.111. The first kappa shape index (κ1) is 20.4. The van der Waals surface area contributed by atoms with Gasteiger partial charge in [-0.2, -0.15) is 0 Å². The molecule has 0 spiro atoms. The van der Waals surface area contributed by atoms with E-state index in [1.165, 1.54) is 0 Å². The number of nitrogens with zero attached hydrogens (tertiary/aromatic N) is 2. The molecule has 0 saturated heterocycles. The van der Waals surface area contributed by atoms with Gasteiger partial charge in [-0.1, -0.05) is 60.7 Å². The van der Waals surface area contributed by atoms with Crippen LogP contribution in [-0.4, -0.2) is 24.2 Å². The maximum Gasteiger partial charge on any atom is 0.129 e. The minimum absolute atomic E-state index is 0.784. The van der Waals surface area contributed by atoms with Crippen LogP contribution in [0.5, 0.6) is 11.5 Å². The van der Waals surface area contributed by atoms with E-state index in [4.69, 9.17) is 14.5 Å². The molecule has 3 aromatic carbocycles. The summed E-state index contributed by atoms with van der Waals surface area (Å²) in [6.45, 7) is 0. The predicted molar refractivity (Wildman–Crippen MR) is 127 cm³/mol. The molecule has 154 valence electrons. The average Bonchev–Trinajstić information content (AvgIpc) is 2.84. The molecule has 4 nitrogen and oxygen atoms in total. The molecule has 4 rings (SSSR count). The SMILES string of the molecule is COc1ccc(C=CCC=Cc2ccc(-c3cnc4ccccc4n3)cc2)c(OC)c1. The Morgan fingerprint density at radius 3 is 2.35 bits per heavy atom. The van der Waals surface area contributed by atoms with Gasteiger partial charge in [0.25, 0.3) is 0 Å². The van der Waals surface area contributed by atoms with E-state index < -0.39 is 0 Å². The highest BCUT2D eigenvalue weighted by Crippen LogP contribution is 2.26. The molecule has 0 aliphatic rings. The maximum atomic E-state index is 5.43. The van der Waals surface area contributed by atoms with Gasteiger partial charge >= 0.3 is 0 Å². The van der Waals surface area contributed by atoms with Crippen molar-refractivity contribution in [1.29, 1.82) is 0 Å². The number of aromatic nitrogens is 2. The van der Waals surface area contributed by atoms with E-state index in [1.807, 2.05) is 48.7 Å². The van der Waals surface area contributed by atoms with Gasteiger partial charge in [0.05, 0.1) is 37.1 Å². The third-order valence-corrected chi connectivity index (χ3v) is 4.98. The number of para-hydroxylation sites is 2. The van der Waals surface area contributed by atoms with Crippen LogP contribution in [0.4, 0.5) is 0 Å². The van der Waals surface area contributed by atoms with Gasteiger partial charge < -0.3 is 9.47 Å². The first-order chi connectivity index (χ1) is 15.3. The highest BCUT2D eigenvalue weighted by Gasteiger charge is 2.03. The largest absolute Gasteiger partial charge is 0.497 e. The molecule has 1 heterocycles. The Morgan fingerprint density at radius 1 is 0.806 bits per heavy atom. The van der Waals surface area contributed by atoms with Crippen LogP contribution in [0.2, 0.25) is 0 Å². The van der Waals surface area contributed by atoms with Crippen molar-refractivity contribution in [2.75, 3.05) is 14.2 Å². The summed E-state index contributed by atoms with van der Waals surface area (Å²) in [4.78, 5) is 9.20. The third-order valence-electron chi connectivity index (χ3n) is 4.98. The molecule has 0 atom stereocenters. The van der Waals surface area contributed by atoms with Crippen LogP contribution in [0.3, 0.4) is 0 Å². The minimum Gasteiger partial charge on any atom is -0.497 e. The highest BCUT2D eigenvalue weighted by molar-refractivity contribution is 5.77. The molecule has 31 heavy (non-hydrogen) atoms. The summed E-state index contributed by atoms with van der Waals surface area (Å²) in [5, 5.41) is 0. The Morgan fingerprint density at radius 2 is 1.58 bits per heavy atom. The summed E-state index contributed by atoms with van der Waals surface area (Å²) in [5.74, 6) is 1.58. The van der Waals surface area contributed by atoms with Crippen LogP contribution in [0.25, 0.3) is 34.4 Å². The van der Waals surface area contributed by atoms with Crippen molar-refractivity contribution >= 4 is 23.2 Å². The van der Waals surface area contributed by atoms with Gasteiger partial charge in [0.2, 0.25) is 0 Å². The monoisotopic (exact) mass is 408 g/mol. The van der Waals surface area contributed by atoms with Gasteiger partial charge in [0, 0.05) is 17.2 Å². The fourth-order valence-electron chi connectivity index (χ4n) is 3.30. The molecule has 0 saturated carbocycles. The lowest BCUT2D eigenvalue weighted by molar-refractivity contribution is 0.394.